The number of amides is 1. The third kappa shape index (κ3) is 5.65. The Balaban J connectivity index is 1.41. The summed E-state index contributed by atoms with van der Waals surface area (Å²) in [6.07, 6.45) is 9.81. The molecule has 0 bridgehead atoms. The smallest absolute Gasteiger partial charge is 0.351 e. The van der Waals surface area contributed by atoms with E-state index >= 15 is 0 Å². The fourth-order valence-electron chi connectivity index (χ4n) is 4.82. The highest BCUT2D eigenvalue weighted by Crippen LogP contribution is 2.56. The Bertz CT molecular complexity index is 881. The second-order valence-corrected chi connectivity index (χ2v) is 11.1. The Hall–Kier alpha value is -1.38. The molecule has 0 spiro atoms. The summed E-state index contributed by atoms with van der Waals surface area (Å²) < 4.78 is 22.9. The van der Waals surface area contributed by atoms with Crippen LogP contribution in [-0.4, -0.2) is 51.5 Å². The normalized spacial score (nSPS) is 33.0. The van der Waals surface area contributed by atoms with Crippen molar-refractivity contribution in [3.63, 3.8) is 0 Å². The summed E-state index contributed by atoms with van der Waals surface area (Å²) in [7, 11) is 0.978. The van der Waals surface area contributed by atoms with E-state index in [1.165, 1.54) is 30.3 Å². The molecule has 33 heavy (non-hydrogen) atoms. The zero-order chi connectivity index (χ0) is 23.5. The average molecular weight is 481 g/mol. The molecule has 1 unspecified atom stereocenters. The standard InChI is InChI=1S/C23H37N4O5P/c1-5-17-19(32-33-26(4)16-10-8-6-7-9-11-18(16)31-33)14-21(30-17)27-13-12-20(25-23(27)29)24-22(28)15(2)3/h12-13,15-19,21H,5-11,14H2,1-4H3,(H,24,25,28,29)/t16-,17-,18-,19?,21-,33+/m1/s1. The van der Waals surface area contributed by atoms with Crippen LogP contribution in [0.15, 0.2) is 17.1 Å². The summed E-state index contributed by atoms with van der Waals surface area (Å²) in [6.45, 7) is 5.65. The lowest BCUT2D eigenvalue weighted by Gasteiger charge is -2.26. The first-order valence-electron chi connectivity index (χ1n) is 12.3. The van der Waals surface area contributed by atoms with Crippen LogP contribution in [0.5, 0.6) is 0 Å². The number of anilines is 1. The van der Waals surface area contributed by atoms with E-state index in [-0.39, 0.29) is 36.0 Å². The molecule has 9 nitrogen and oxygen atoms in total. The first kappa shape index (κ1) is 24.7. The van der Waals surface area contributed by atoms with Gasteiger partial charge in [-0.3, -0.25) is 9.36 Å². The number of hydrogen-bond donors (Lipinski definition) is 1. The Labute approximate surface area is 197 Å². The van der Waals surface area contributed by atoms with Crippen LogP contribution in [0.25, 0.3) is 0 Å². The predicted octanol–water partition coefficient (Wildman–Crippen LogP) is 4.20. The lowest BCUT2D eigenvalue weighted by atomic mass is 9.94. The van der Waals surface area contributed by atoms with Gasteiger partial charge in [-0.1, -0.05) is 46.5 Å². The molecule has 10 heteroatoms. The van der Waals surface area contributed by atoms with Gasteiger partial charge < -0.3 is 19.1 Å². The van der Waals surface area contributed by atoms with Gasteiger partial charge in [-0.15, -0.1) is 0 Å². The lowest BCUT2D eigenvalue weighted by molar-refractivity contribution is -0.118. The minimum atomic E-state index is -1.14. The summed E-state index contributed by atoms with van der Waals surface area (Å²) in [5, 5.41) is 2.67. The van der Waals surface area contributed by atoms with Crippen LogP contribution in [-0.2, 0) is 18.6 Å². The molecular formula is C23H37N4O5P. The molecule has 1 aliphatic carbocycles. The van der Waals surface area contributed by atoms with E-state index in [2.05, 4.69) is 28.9 Å². The number of carbonyl (C=O) groups is 1. The highest BCUT2D eigenvalue weighted by Gasteiger charge is 2.45. The van der Waals surface area contributed by atoms with E-state index in [1.54, 1.807) is 26.1 Å². The molecule has 3 fully saturated rings. The van der Waals surface area contributed by atoms with E-state index in [0.717, 1.165) is 19.3 Å². The van der Waals surface area contributed by atoms with Gasteiger partial charge in [0.25, 0.3) is 8.53 Å². The summed E-state index contributed by atoms with van der Waals surface area (Å²) in [6, 6.07) is 2.06. The zero-order valence-electron chi connectivity index (χ0n) is 20.1. The highest BCUT2D eigenvalue weighted by molar-refractivity contribution is 7.44. The molecule has 1 saturated carbocycles. The maximum Gasteiger partial charge on any atom is 0.351 e. The Morgan fingerprint density at radius 2 is 2.06 bits per heavy atom. The fourth-order valence-corrected chi connectivity index (χ4v) is 6.61. The molecule has 2 saturated heterocycles. The largest absolute Gasteiger partial charge is 0.352 e. The number of ether oxygens (including phenoxy) is 1. The molecule has 6 atom stereocenters. The lowest BCUT2D eigenvalue weighted by Crippen LogP contribution is -2.32. The third-order valence-electron chi connectivity index (χ3n) is 6.86. The van der Waals surface area contributed by atoms with E-state index in [9.17, 15) is 9.59 Å². The van der Waals surface area contributed by atoms with E-state index in [1.807, 2.05) is 0 Å². The SMILES string of the molecule is CC[C@H]1O[C@@H](n2ccc(NC(=O)C(C)C)nc2=O)CC1O[P@]1O[C@@H]2CCCCCC[C@H]2N1C. The quantitative estimate of drug-likeness (QED) is 0.610. The average Bonchev–Trinajstić information content (AvgIpc) is 3.29. The van der Waals surface area contributed by atoms with E-state index < -0.39 is 20.4 Å². The predicted molar refractivity (Wildman–Crippen MR) is 127 cm³/mol. The van der Waals surface area contributed by atoms with Crippen molar-refractivity contribution in [1.82, 2.24) is 14.2 Å². The van der Waals surface area contributed by atoms with E-state index in [4.69, 9.17) is 13.8 Å². The first-order chi connectivity index (χ1) is 15.9. The summed E-state index contributed by atoms with van der Waals surface area (Å²) in [5.74, 6) is -0.107. The molecule has 4 rings (SSSR count). The molecule has 3 aliphatic rings. The molecule has 2 aliphatic heterocycles. The van der Waals surface area contributed by atoms with Crippen molar-refractivity contribution < 1.29 is 18.6 Å². The Morgan fingerprint density at radius 3 is 2.76 bits per heavy atom. The number of aromatic nitrogens is 2. The summed E-state index contributed by atoms with van der Waals surface area (Å²) in [5.41, 5.74) is -0.449. The second-order valence-electron chi connectivity index (χ2n) is 9.58. The van der Waals surface area contributed by atoms with Crippen molar-refractivity contribution in [3.8, 4) is 0 Å². The van der Waals surface area contributed by atoms with Crippen LogP contribution in [0.3, 0.4) is 0 Å². The van der Waals surface area contributed by atoms with Gasteiger partial charge in [-0.2, -0.15) is 4.98 Å². The van der Waals surface area contributed by atoms with Crippen molar-refractivity contribution >= 4 is 20.3 Å². The van der Waals surface area contributed by atoms with E-state index in [0.29, 0.717) is 12.5 Å². The van der Waals surface area contributed by atoms with Crippen molar-refractivity contribution in [2.45, 2.75) is 103 Å². The number of carbonyl (C=O) groups excluding carboxylic acids is 1. The molecule has 0 aromatic carbocycles. The molecule has 1 N–H and O–H groups in total. The molecule has 1 aromatic heterocycles. The van der Waals surface area contributed by atoms with Crippen LogP contribution in [0.2, 0.25) is 0 Å². The van der Waals surface area contributed by atoms with Crippen molar-refractivity contribution in [3.05, 3.63) is 22.7 Å². The van der Waals surface area contributed by atoms with Crippen molar-refractivity contribution in [1.29, 1.82) is 0 Å². The number of rotatable bonds is 6. The molecule has 0 radical (unpaired) electrons. The Kier molecular flexibility index (Phi) is 8.18. The molecular weight excluding hydrogens is 443 g/mol. The molecule has 1 amide bonds. The number of hydrogen-bond acceptors (Lipinski definition) is 7. The summed E-state index contributed by atoms with van der Waals surface area (Å²) in [4.78, 5) is 28.6. The molecule has 184 valence electrons. The van der Waals surface area contributed by atoms with Gasteiger partial charge in [0.2, 0.25) is 5.91 Å². The maximum atomic E-state index is 12.7. The van der Waals surface area contributed by atoms with Crippen LogP contribution in [0.4, 0.5) is 5.82 Å². The van der Waals surface area contributed by atoms with Crippen molar-refractivity contribution in [2.24, 2.45) is 5.92 Å². The zero-order valence-corrected chi connectivity index (χ0v) is 21.0. The molecule has 3 heterocycles. The monoisotopic (exact) mass is 480 g/mol. The highest BCUT2D eigenvalue weighted by atomic mass is 31.2. The van der Waals surface area contributed by atoms with Gasteiger partial charge in [-0.05, 0) is 32.4 Å². The Morgan fingerprint density at radius 1 is 1.30 bits per heavy atom. The van der Waals surface area contributed by atoms with Crippen molar-refractivity contribution in [2.75, 3.05) is 12.4 Å². The number of likely N-dealkylation sites (N-methyl/N-ethyl adjacent to an activating group) is 1. The van der Waals surface area contributed by atoms with Gasteiger partial charge in [0.05, 0.1) is 18.3 Å². The van der Waals surface area contributed by atoms with Gasteiger partial charge in [-0.25, -0.2) is 9.46 Å². The van der Waals surface area contributed by atoms with Crippen LogP contribution < -0.4 is 11.0 Å². The van der Waals surface area contributed by atoms with Gasteiger partial charge in [0.1, 0.15) is 12.0 Å². The minimum absolute atomic E-state index is 0.116. The van der Waals surface area contributed by atoms with Gasteiger partial charge in [0, 0.05) is 24.6 Å². The molecule has 1 aromatic rings. The second kappa shape index (κ2) is 10.9. The maximum absolute atomic E-state index is 12.7. The number of fused-ring (bicyclic) bond motifs is 1. The van der Waals surface area contributed by atoms with Crippen LogP contribution >= 0.6 is 8.53 Å². The minimum Gasteiger partial charge on any atom is -0.352 e. The topological polar surface area (TPSA) is 94.9 Å². The number of nitrogens with one attached hydrogen (secondary N) is 1. The fraction of sp³-hybridized carbons (Fsp3) is 0.783. The van der Waals surface area contributed by atoms with Crippen LogP contribution in [0.1, 0.15) is 78.4 Å². The van der Waals surface area contributed by atoms with Crippen LogP contribution in [0, 0.1) is 5.92 Å². The van der Waals surface area contributed by atoms with Gasteiger partial charge in [0.15, 0.2) is 0 Å². The number of nitrogens with zero attached hydrogens (tertiary/aromatic N) is 3. The first-order valence-corrected chi connectivity index (χ1v) is 13.4. The third-order valence-corrected chi connectivity index (χ3v) is 8.57. The summed E-state index contributed by atoms with van der Waals surface area (Å²) >= 11 is 0. The van der Waals surface area contributed by atoms with Gasteiger partial charge >= 0.3 is 5.69 Å².